The van der Waals surface area contributed by atoms with Crippen LogP contribution in [-0.4, -0.2) is 67.0 Å². The van der Waals surface area contributed by atoms with E-state index in [0.717, 1.165) is 6.07 Å². The molecule has 208 valence electrons. The van der Waals surface area contributed by atoms with Gasteiger partial charge in [-0.1, -0.05) is 0 Å². The number of rotatable bonds is 11. The van der Waals surface area contributed by atoms with Crippen molar-refractivity contribution in [2.24, 2.45) is 0 Å². The summed E-state index contributed by atoms with van der Waals surface area (Å²) in [6.07, 6.45) is -4.97. The maximum Gasteiger partial charge on any atom is 0.419 e. The Balaban J connectivity index is 1.89. The first-order chi connectivity index (χ1) is 18.5. The third kappa shape index (κ3) is 6.81. The topological polar surface area (TPSA) is 127 Å². The molecule has 0 bridgehead atoms. The van der Waals surface area contributed by atoms with Crippen LogP contribution in [0.25, 0.3) is 11.3 Å². The number of aliphatic hydroxyl groups is 2. The van der Waals surface area contributed by atoms with Crippen molar-refractivity contribution in [3.8, 4) is 28.5 Å². The Kier molecular flexibility index (Phi) is 9.43. The summed E-state index contributed by atoms with van der Waals surface area (Å²) in [4.78, 5) is 30.0. The Hall–Kier alpha value is -4.23. The van der Waals surface area contributed by atoms with Crippen LogP contribution < -0.4 is 19.5 Å². The van der Waals surface area contributed by atoms with E-state index in [1.54, 1.807) is 0 Å². The van der Waals surface area contributed by atoms with Crippen molar-refractivity contribution in [3.63, 3.8) is 0 Å². The number of carbonyl (C=O) groups is 2. The highest BCUT2D eigenvalue weighted by molar-refractivity contribution is 6.04. The zero-order valence-electron chi connectivity index (χ0n) is 20.7. The third-order valence-corrected chi connectivity index (χ3v) is 5.45. The van der Waals surface area contributed by atoms with Gasteiger partial charge in [0.2, 0.25) is 5.78 Å². The molecule has 0 aliphatic rings. The number of ketones is 1. The molecule has 0 unspecified atom stereocenters. The molecule has 0 spiro atoms. The lowest BCUT2D eigenvalue weighted by molar-refractivity contribution is -0.139. The summed E-state index contributed by atoms with van der Waals surface area (Å²) in [5.74, 6) is -2.62. The molecule has 3 rings (SSSR count). The molecular weight excluding hydrogens is 528 g/mol. The minimum Gasteiger partial charge on any atom is -0.494 e. The third-order valence-electron chi connectivity index (χ3n) is 5.45. The van der Waals surface area contributed by atoms with Gasteiger partial charge < -0.3 is 29.7 Å². The number of Topliss-reactive ketones (excluding diaryl/α,β-unsaturated/α-hetero) is 1. The van der Waals surface area contributed by atoms with Crippen molar-refractivity contribution < 1.29 is 51.6 Å². The fourth-order valence-electron chi connectivity index (χ4n) is 3.54. The molecule has 0 aliphatic heterocycles. The number of nitrogens with zero attached hydrogens (tertiary/aromatic N) is 1. The summed E-state index contributed by atoms with van der Waals surface area (Å²) in [7, 11) is 2.58. The van der Waals surface area contributed by atoms with Crippen molar-refractivity contribution in [1.29, 1.82) is 0 Å². The molecule has 1 atom stereocenters. The van der Waals surface area contributed by atoms with Crippen molar-refractivity contribution in [2.75, 3.05) is 34.0 Å². The minimum atomic E-state index is -4.97. The number of alkyl halides is 3. The quantitative estimate of drug-likeness (QED) is 0.244. The molecule has 0 aliphatic carbocycles. The highest BCUT2D eigenvalue weighted by atomic mass is 19.4. The lowest BCUT2D eigenvalue weighted by Gasteiger charge is -2.17. The van der Waals surface area contributed by atoms with Gasteiger partial charge in [0.15, 0.2) is 11.5 Å². The second kappa shape index (κ2) is 12.5. The highest BCUT2D eigenvalue weighted by Crippen LogP contribution is 2.36. The normalized spacial score (nSPS) is 12.0. The van der Waals surface area contributed by atoms with Gasteiger partial charge in [0.25, 0.3) is 5.91 Å². The molecule has 13 heteroatoms. The van der Waals surface area contributed by atoms with Gasteiger partial charge in [0.1, 0.15) is 35.6 Å². The second-order valence-corrected chi connectivity index (χ2v) is 7.95. The maximum absolute atomic E-state index is 13.8. The van der Waals surface area contributed by atoms with Crippen LogP contribution in [0.1, 0.15) is 26.4 Å². The van der Waals surface area contributed by atoms with Crippen LogP contribution in [0, 0.1) is 5.82 Å². The molecule has 1 heterocycles. The first-order valence-electron chi connectivity index (χ1n) is 11.3. The molecule has 3 N–H and O–H groups in total. The number of hydrogen-bond donors (Lipinski definition) is 3. The summed E-state index contributed by atoms with van der Waals surface area (Å²) in [6.45, 7) is -1.07. The van der Waals surface area contributed by atoms with Gasteiger partial charge in [-0.05, 0) is 48.5 Å². The van der Waals surface area contributed by atoms with E-state index in [1.807, 2.05) is 0 Å². The first kappa shape index (κ1) is 29.3. The summed E-state index contributed by atoms with van der Waals surface area (Å²) in [6, 6.07) is 7.37. The van der Waals surface area contributed by atoms with E-state index < -0.39 is 41.9 Å². The van der Waals surface area contributed by atoms with Crippen LogP contribution >= 0.6 is 0 Å². The minimum absolute atomic E-state index is 0.00468. The zero-order valence-corrected chi connectivity index (χ0v) is 20.7. The number of hydrogen-bond acceptors (Lipinski definition) is 8. The molecule has 1 aromatic heterocycles. The lowest BCUT2D eigenvalue weighted by Crippen LogP contribution is -2.43. The Morgan fingerprint density at radius 1 is 0.974 bits per heavy atom. The molecule has 1 amide bonds. The summed E-state index contributed by atoms with van der Waals surface area (Å²) >= 11 is 0. The Bertz CT molecular complexity index is 1350. The molecule has 0 fully saturated rings. The van der Waals surface area contributed by atoms with Crippen molar-refractivity contribution in [3.05, 3.63) is 71.2 Å². The number of amides is 1. The van der Waals surface area contributed by atoms with Crippen LogP contribution in [0.5, 0.6) is 17.2 Å². The number of aromatic nitrogens is 1. The number of aliphatic hydroxyl groups excluding tert-OH is 2. The fraction of sp³-hybridized carbons (Fsp3) is 0.269. The molecule has 39 heavy (non-hydrogen) atoms. The number of benzene rings is 2. The fourth-order valence-corrected chi connectivity index (χ4v) is 3.54. The standard InChI is InChI=1S/C26H24F4N2O7/c1-37-21-8-6-18(31-23(21)14-3-5-17(27)16(11-14)26(28,29)30)24(35)19(13-34)32-25(36)15-4-7-20(39-10-9-33)22(12-15)38-2/h3-8,11-12,19,33-34H,9-10,13H2,1-2H3,(H,32,36)/t19-/m0/s1. The summed E-state index contributed by atoms with van der Waals surface area (Å²) in [5, 5.41) is 21.1. The predicted molar refractivity (Wildman–Crippen MR) is 129 cm³/mol. The average molecular weight is 552 g/mol. The number of pyridine rings is 1. The number of ether oxygens (including phenoxy) is 3. The molecular formula is C26H24F4N2O7. The van der Waals surface area contributed by atoms with Gasteiger partial charge >= 0.3 is 6.18 Å². The van der Waals surface area contributed by atoms with E-state index in [1.165, 1.54) is 44.6 Å². The van der Waals surface area contributed by atoms with E-state index in [2.05, 4.69) is 10.3 Å². The van der Waals surface area contributed by atoms with Crippen LogP contribution in [0.2, 0.25) is 0 Å². The van der Waals surface area contributed by atoms with Gasteiger partial charge in [0.05, 0.1) is 33.0 Å². The number of halogens is 4. The smallest absolute Gasteiger partial charge is 0.419 e. The van der Waals surface area contributed by atoms with E-state index in [9.17, 15) is 32.3 Å². The Morgan fingerprint density at radius 2 is 1.67 bits per heavy atom. The largest absolute Gasteiger partial charge is 0.494 e. The van der Waals surface area contributed by atoms with E-state index >= 15 is 0 Å². The SMILES string of the molecule is COc1cc(C(=O)N[C@@H](CO)C(=O)c2ccc(OC)c(-c3ccc(F)c(C(F)(F)F)c3)n2)ccc1OCCO. The van der Waals surface area contributed by atoms with Gasteiger partial charge in [-0.25, -0.2) is 9.37 Å². The number of carbonyl (C=O) groups excluding carboxylic acids is 2. The number of methoxy groups -OCH3 is 2. The first-order valence-corrected chi connectivity index (χ1v) is 11.3. The molecule has 0 radical (unpaired) electrons. The summed E-state index contributed by atoms with van der Waals surface area (Å²) in [5.41, 5.74) is -2.11. The maximum atomic E-state index is 13.8. The monoisotopic (exact) mass is 552 g/mol. The molecule has 0 saturated carbocycles. The van der Waals surface area contributed by atoms with Crippen molar-refractivity contribution in [1.82, 2.24) is 10.3 Å². The highest BCUT2D eigenvalue weighted by Gasteiger charge is 2.35. The van der Waals surface area contributed by atoms with Gasteiger partial charge in [0, 0.05) is 11.1 Å². The Morgan fingerprint density at radius 3 is 2.28 bits per heavy atom. The lowest BCUT2D eigenvalue weighted by atomic mass is 10.0. The van der Waals surface area contributed by atoms with Crippen LogP contribution in [-0.2, 0) is 6.18 Å². The molecule has 9 nitrogen and oxygen atoms in total. The van der Waals surface area contributed by atoms with E-state index in [4.69, 9.17) is 19.3 Å². The van der Waals surface area contributed by atoms with E-state index in [-0.39, 0.29) is 53.0 Å². The average Bonchev–Trinajstić information content (AvgIpc) is 2.93. The van der Waals surface area contributed by atoms with Crippen LogP contribution in [0.15, 0.2) is 48.5 Å². The molecule has 0 saturated heterocycles. The van der Waals surface area contributed by atoms with Gasteiger partial charge in [-0.15, -0.1) is 0 Å². The second-order valence-electron chi connectivity index (χ2n) is 7.95. The Labute approximate surface area is 220 Å². The number of nitrogens with one attached hydrogen (secondary N) is 1. The molecule has 2 aromatic carbocycles. The van der Waals surface area contributed by atoms with Crippen LogP contribution in [0.4, 0.5) is 17.6 Å². The zero-order chi connectivity index (χ0) is 28.7. The summed E-state index contributed by atoms with van der Waals surface area (Å²) < 4.78 is 69.1. The van der Waals surface area contributed by atoms with E-state index in [0.29, 0.717) is 12.1 Å². The van der Waals surface area contributed by atoms with Crippen molar-refractivity contribution in [2.45, 2.75) is 12.2 Å². The van der Waals surface area contributed by atoms with Gasteiger partial charge in [-0.2, -0.15) is 13.2 Å². The predicted octanol–water partition coefficient (Wildman–Crippen LogP) is 3.27. The van der Waals surface area contributed by atoms with Gasteiger partial charge in [-0.3, -0.25) is 9.59 Å². The van der Waals surface area contributed by atoms with Crippen molar-refractivity contribution >= 4 is 11.7 Å². The molecule has 3 aromatic rings. The van der Waals surface area contributed by atoms with Crippen LogP contribution in [0.3, 0.4) is 0 Å².